The molecule has 2 saturated heterocycles. The van der Waals surface area contributed by atoms with Crippen molar-refractivity contribution in [1.82, 2.24) is 4.90 Å². The van der Waals surface area contributed by atoms with Crippen molar-refractivity contribution in [3.63, 3.8) is 0 Å². The summed E-state index contributed by atoms with van der Waals surface area (Å²) in [4.78, 5) is 28.0. The first-order chi connectivity index (χ1) is 16.6. The molecule has 0 aromatic rings. The second-order valence-electron chi connectivity index (χ2n) is 12.5. The zero-order valence-corrected chi connectivity index (χ0v) is 21.1. The number of aliphatic hydroxyl groups excluding tert-OH is 2. The molecule has 0 radical (unpaired) electrons. The maximum atomic E-state index is 13.5. The normalized spacial score (nSPS) is 49.7. The number of fused-ring (bicyclic) bond motifs is 7. The lowest BCUT2D eigenvalue weighted by atomic mass is 9.47. The van der Waals surface area contributed by atoms with Gasteiger partial charge in [0.05, 0.1) is 12.2 Å². The van der Waals surface area contributed by atoms with Crippen molar-refractivity contribution in [1.29, 1.82) is 0 Å². The van der Waals surface area contributed by atoms with Crippen LogP contribution in [0.15, 0.2) is 23.8 Å². The lowest BCUT2D eigenvalue weighted by molar-refractivity contribution is -0.208. The highest BCUT2D eigenvalue weighted by Gasteiger charge is 2.76. The highest BCUT2D eigenvalue weighted by Crippen LogP contribution is 2.69. The highest BCUT2D eigenvalue weighted by molar-refractivity contribution is 5.93. The van der Waals surface area contributed by atoms with E-state index >= 15 is 0 Å². The standard InChI is InChI=1S/C28H39NO6/c1-26-9-6-18(31)12-17(26)4-5-19-20-13-23-28(22(33)15-30,27(20,2)14-21(32)24(19)26)35-25(34-23)16-7-10-29(3)11-8-16/h4,6,9,16,19-21,23-25,30,32H,5,7-8,10-15H2,1-3H3/t19-,20-,21-,23+,24+,25?,26-,27-,28+/m0/s1. The van der Waals surface area contributed by atoms with E-state index in [0.717, 1.165) is 37.9 Å². The molecule has 7 nitrogen and oxygen atoms in total. The second-order valence-corrected chi connectivity index (χ2v) is 12.5. The molecule has 1 unspecified atom stereocenters. The quantitative estimate of drug-likeness (QED) is 0.592. The minimum Gasteiger partial charge on any atom is -0.393 e. The first-order valence-corrected chi connectivity index (χ1v) is 13.4. The largest absolute Gasteiger partial charge is 0.393 e. The van der Waals surface area contributed by atoms with E-state index in [4.69, 9.17) is 9.47 Å². The summed E-state index contributed by atoms with van der Waals surface area (Å²) in [5.41, 5.74) is -1.10. The van der Waals surface area contributed by atoms with E-state index in [0.29, 0.717) is 19.3 Å². The van der Waals surface area contributed by atoms with E-state index < -0.39 is 36.1 Å². The maximum Gasteiger partial charge on any atom is 0.193 e. The summed E-state index contributed by atoms with van der Waals surface area (Å²) in [5.74, 6) is 0.290. The third-order valence-electron chi connectivity index (χ3n) is 10.9. The summed E-state index contributed by atoms with van der Waals surface area (Å²) >= 11 is 0. The van der Waals surface area contributed by atoms with Crippen LogP contribution in [0.2, 0.25) is 0 Å². The Morgan fingerprint density at radius 2 is 2.00 bits per heavy atom. The summed E-state index contributed by atoms with van der Waals surface area (Å²) < 4.78 is 13.3. The van der Waals surface area contributed by atoms with Crippen molar-refractivity contribution in [2.45, 2.75) is 76.5 Å². The van der Waals surface area contributed by atoms with E-state index in [1.165, 1.54) is 0 Å². The molecular formula is C28H39NO6. The number of Topliss-reactive ketones (excluding diaryl/α,β-unsaturated/α-hetero) is 1. The smallest absolute Gasteiger partial charge is 0.193 e. The Bertz CT molecular complexity index is 984. The molecule has 0 aromatic carbocycles. The minimum absolute atomic E-state index is 0.0188. The Hall–Kier alpha value is -1.38. The number of ether oxygens (including phenoxy) is 2. The fraction of sp³-hybridized carbons (Fsp3) is 0.786. The van der Waals surface area contributed by atoms with Gasteiger partial charge < -0.3 is 24.6 Å². The first kappa shape index (κ1) is 24.0. The van der Waals surface area contributed by atoms with Gasteiger partial charge in [-0.15, -0.1) is 0 Å². The number of ketones is 2. The van der Waals surface area contributed by atoms with E-state index in [1.807, 2.05) is 6.08 Å². The third-order valence-corrected chi connectivity index (χ3v) is 10.9. The molecule has 6 aliphatic rings. The Kier molecular flexibility index (Phi) is 5.52. The summed E-state index contributed by atoms with van der Waals surface area (Å²) in [5, 5.41) is 21.8. The summed E-state index contributed by atoms with van der Waals surface area (Å²) in [6.45, 7) is 5.61. The Balaban J connectivity index is 1.36. The van der Waals surface area contributed by atoms with Gasteiger partial charge in [0.25, 0.3) is 0 Å². The van der Waals surface area contributed by atoms with E-state index in [2.05, 4.69) is 31.9 Å². The summed E-state index contributed by atoms with van der Waals surface area (Å²) in [6, 6.07) is 0. The molecule has 2 heterocycles. The molecule has 0 bridgehead atoms. The molecule has 4 aliphatic carbocycles. The molecule has 35 heavy (non-hydrogen) atoms. The second kappa shape index (κ2) is 8.06. The van der Waals surface area contributed by atoms with Crippen molar-refractivity contribution < 1.29 is 29.3 Å². The third kappa shape index (κ3) is 3.14. The van der Waals surface area contributed by atoms with Gasteiger partial charge in [0.2, 0.25) is 0 Å². The van der Waals surface area contributed by atoms with Crippen LogP contribution in [-0.4, -0.2) is 77.5 Å². The molecule has 2 N–H and O–H groups in total. The van der Waals surface area contributed by atoms with Crippen LogP contribution in [0.3, 0.4) is 0 Å². The molecule has 9 atom stereocenters. The number of hydrogen-bond acceptors (Lipinski definition) is 7. The van der Waals surface area contributed by atoms with Crippen LogP contribution >= 0.6 is 0 Å². The number of rotatable bonds is 3. The molecule has 6 rings (SSSR count). The van der Waals surface area contributed by atoms with Gasteiger partial charge in [-0.3, -0.25) is 9.59 Å². The number of nitrogens with zero attached hydrogens (tertiary/aromatic N) is 1. The van der Waals surface area contributed by atoms with Crippen LogP contribution in [0, 0.1) is 34.5 Å². The molecule has 2 saturated carbocycles. The zero-order valence-electron chi connectivity index (χ0n) is 21.1. The Labute approximate surface area is 207 Å². The average molecular weight is 486 g/mol. The zero-order chi connectivity index (χ0) is 24.8. The molecular weight excluding hydrogens is 446 g/mol. The molecule has 0 spiro atoms. The number of carbonyl (C=O) groups is 2. The van der Waals surface area contributed by atoms with Crippen LogP contribution in [0.25, 0.3) is 0 Å². The van der Waals surface area contributed by atoms with Crippen LogP contribution in [0.1, 0.15) is 52.4 Å². The van der Waals surface area contributed by atoms with Gasteiger partial charge in [-0.05, 0) is 70.2 Å². The van der Waals surface area contributed by atoms with Crippen LogP contribution < -0.4 is 0 Å². The van der Waals surface area contributed by atoms with Gasteiger partial charge in [-0.2, -0.15) is 0 Å². The molecule has 2 aliphatic heterocycles. The van der Waals surface area contributed by atoms with Crippen molar-refractivity contribution in [3.8, 4) is 0 Å². The van der Waals surface area contributed by atoms with Gasteiger partial charge in [0.15, 0.2) is 23.5 Å². The molecule has 4 fully saturated rings. The van der Waals surface area contributed by atoms with Crippen LogP contribution in [0.5, 0.6) is 0 Å². The van der Waals surface area contributed by atoms with Crippen LogP contribution in [-0.2, 0) is 19.1 Å². The fourth-order valence-electron chi connectivity index (χ4n) is 9.13. The van der Waals surface area contributed by atoms with Gasteiger partial charge in [0, 0.05) is 29.1 Å². The predicted molar refractivity (Wildman–Crippen MR) is 128 cm³/mol. The number of likely N-dealkylation sites (tertiary alicyclic amines) is 1. The minimum atomic E-state index is -1.23. The monoisotopic (exact) mass is 485 g/mol. The van der Waals surface area contributed by atoms with Crippen molar-refractivity contribution in [3.05, 3.63) is 23.8 Å². The van der Waals surface area contributed by atoms with Crippen LogP contribution in [0.4, 0.5) is 0 Å². The lowest BCUT2D eigenvalue weighted by Crippen LogP contribution is -2.63. The number of hydrogen-bond donors (Lipinski definition) is 2. The van der Waals surface area contributed by atoms with Gasteiger partial charge in [-0.1, -0.05) is 31.6 Å². The molecule has 0 aromatic heterocycles. The average Bonchev–Trinajstić information content (AvgIpc) is 3.32. The molecule has 0 amide bonds. The molecule has 7 heteroatoms. The van der Waals surface area contributed by atoms with Gasteiger partial charge in [-0.25, -0.2) is 0 Å². The van der Waals surface area contributed by atoms with E-state index in [-0.39, 0.29) is 40.7 Å². The van der Waals surface area contributed by atoms with Gasteiger partial charge >= 0.3 is 0 Å². The van der Waals surface area contributed by atoms with Crippen molar-refractivity contribution in [2.24, 2.45) is 34.5 Å². The Morgan fingerprint density at radius 3 is 2.71 bits per heavy atom. The topological polar surface area (TPSA) is 96.3 Å². The van der Waals surface area contributed by atoms with E-state index in [1.54, 1.807) is 6.08 Å². The SMILES string of the molecule is CN1CCC(C2O[C@@H]3C[C@H]4[C@@H]5CC=C6CC(=O)C=C[C@]6(C)[C@H]5[C@@H](O)C[C@]4(C)[C@]3(C(=O)CO)O2)CC1. The molecule has 192 valence electrons. The van der Waals surface area contributed by atoms with Gasteiger partial charge in [0.1, 0.15) is 6.61 Å². The van der Waals surface area contributed by atoms with Crippen molar-refractivity contribution >= 4 is 11.6 Å². The summed E-state index contributed by atoms with van der Waals surface area (Å²) in [7, 11) is 2.12. The lowest BCUT2D eigenvalue weighted by Gasteiger charge is -2.59. The highest BCUT2D eigenvalue weighted by atomic mass is 16.7. The van der Waals surface area contributed by atoms with Crippen molar-refractivity contribution in [2.75, 3.05) is 26.7 Å². The number of carbonyl (C=O) groups excluding carboxylic acids is 2. The summed E-state index contributed by atoms with van der Waals surface area (Å²) in [6.07, 6.45) is 8.64. The maximum absolute atomic E-state index is 13.5. The fourth-order valence-corrected chi connectivity index (χ4v) is 9.13. The van der Waals surface area contributed by atoms with E-state index in [9.17, 15) is 19.8 Å². The number of allylic oxidation sites excluding steroid dienone is 4. The number of aliphatic hydroxyl groups is 2. The first-order valence-electron chi connectivity index (χ1n) is 13.4. The predicted octanol–water partition coefficient (Wildman–Crippen LogP) is 2.26. The Morgan fingerprint density at radius 1 is 1.26 bits per heavy atom. The number of piperidine rings is 1.